The van der Waals surface area contributed by atoms with Gasteiger partial charge in [0.2, 0.25) is 0 Å². The zero-order valence-corrected chi connectivity index (χ0v) is 10.5. The topological polar surface area (TPSA) is 54.9 Å². The lowest BCUT2D eigenvalue weighted by Gasteiger charge is -2.13. The quantitative estimate of drug-likeness (QED) is 0.905. The van der Waals surface area contributed by atoms with Crippen LogP contribution < -0.4 is 5.32 Å². The molecule has 2 rings (SSSR count). The second-order valence-corrected chi connectivity index (χ2v) is 4.60. The van der Waals surface area contributed by atoms with Gasteiger partial charge in [0.1, 0.15) is 4.88 Å². The molecule has 1 atom stereocenters. The zero-order chi connectivity index (χ0) is 12.3. The third-order valence-corrected chi connectivity index (χ3v) is 3.43. The van der Waals surface area contributed by atoms with Crippen LogP contribution in [0.2, 0.25) is 0 Å². The molecule has 17 heavy (non-hydrogen) atoms. The molecule has 1 N–H and O–H groups in total. The maximum atomic E-state index is 12.0. The number of hydrogen-bond acceptors (Lipinski definition) is 4. The van der Waals surface area contributed by atoms with Crippen molar-refractivity contribution < 1.29 is 4.79 Å². The minimum atomic E-state index is -0.0747. The summed E-state index contributed by atoms with van der Waals surface area (Å²) in [4.78, 5) is 20.6. The smallest absolute Gasteiger partial charge is 0.263 e. The molecule has 0 spiro atoms. The molecule has 0 saturated carbocycles. The molecule has 0 aliphatic carbocycles. The third-order valence-electron chi connectivity index (χ3n) is 2.51. The van der Waals surface area contributed by atoms with Crippen LogP contribution in [0.1, 0.15) is 33.9 Å². The van der Waals surface area contributed by atoms with Crippen LogP contribution in [0, 0.1) is 6.92 Å². The van der Waals surface area contributed by atoms with Gasteiger partial charge in [-0.15, -0.1) is 11.3 Å². The SMILES string of the molecule is Cc1ncsc1C(=O)N[C@H](C)c1ccncc1. The number of thiazole rings is 1. The minimum absolute atomic E-state index is 0.0352. The van der Waals surface area contributed by atoms with E-state index in [2.05, 4.69) is 15.3 Å². The first-order valence-corrected chi connectivity index (χ1v) is 6.17. The molecular weight excluding hydrogens is 234 g/mol. The molecule has 0 unspecified atom stereocenters. The van der Waals surface area contributed by atoms with Crippen LogP contribution in [-0.2, 0) is 0 Å². The van der Waals surface area contributed by atoms with Crippen LogP contribution in [0.15, 0.2) is 30.0 Å². The molecule has 0 bridgehead atoms. The Morgan fingerprint density at radius 2 is 2.12 bits per heavy atom. The fourth-order valence-electron chi connectivity index (χ4n) is 1.52. The van der Waals surface area contributed by atoms with Gasteiger partial charge in [-0.2, -0.15) is 0 Å². The van der Waals surface area contributed by atoms with Crippen molar-refractivity contribution in [2.75, 3.05) is 0 Å². The Kier molecular flexibility index (Phi) is 3.49. The van der Waals surface area contributed by atoms with E-state index in [1.54, 1.807) is 17.9 Å². The van der Waals surface area contributed by atoms with Crippen LogP contribution >= 0.6 is 11.3 Å². The molecule has 0 radical (unpaired) electrons. The van der Waals surface area contributed by atoms with Gasteiger partial charge in [-0.1, -0.05) is 0 Å². The number of pyridine rings is 1. The largest absolute Gasteiger partial charge is 0.345 e. The Morgan fingerprint density at radius 3 is 2.71 bits per heavy atom. The van der Waals surface area contributed by atoms with Crippen molar-refractivity contribution in [3.05, 3.63) is 46.2 Å². The summed E-state index contributed by atoms with van der Waals surface area (Å²) in [7, 11) is 0. The van der Waals surface area contributed by atoms with E-state index in [1.165, 1.54) is 11.3 Å². The van der Waals surface area contributed by atoms with Gasteiger partial charge >= 0.3 is 0 Å². The molecule has 5 heteroatoms. The number of rotatable bonds is 3. The fraction of sp³-hybridized carbons (Fsp3) is 0.250. The summed E-state index contributed by atoms with van der Waals surface area (Å²) >= 11 is 1.36. The number of nitrogens with one attached hydrogen (secondary N) is 1. The predicted octanol–water partition coefficient (Wildman–Crippen LogP) is 2.34. The molecule has 2 aromatic heterocycles. The second kappa shape index (κ2) is 5.05. The molecule has 0 aromatic carbocycles. The molecule has 88 valence electrons. The Bertz CT molecular complexity index is 509. The Morgan fingerprint density at radius 1 is 1.41 bits per heavy atom. The maximum absolute atomic E-state index is 12.0. The lowest BCUT2D eigenvalue weighted by molar-refractivity contribution is 0.0943. The van der Waals surface area contributed by atoms with Gasteiger partial charge in [-0.3, -0.25) is 9.78 Å². The van der Waals surface area contributed by atoms with Gasteiger partial charge in [-0.25, -0.2) is 4.98 Å². The number of carbonyl (C=O) groups excluding carboxylic acids is 1. The normalized spacial score (nSPS) is 12.1. The summed E-state index contributed by atoms with van der Waals surface area (Å²) in [5.41, 5.74) is 3.49. The first-order chi connectivity index (χ1) is 8.18. The molecule has 2 aromatic rings. The third kappa shape index (κ3) is 2.68. The lowest BCUT2D eigenvalue weighted by Crippen LogP contribution is -2.26. The highest BCUT2D eigenvalue weighted by Crippen LogP contribution is 2.15. The summed E-state index contributed by atoms with van der Waals surface area (Å²) in [6, 6.07) is 3.75. The van der Waals surface area contributed by atoms with Gasteiger partial charge in [0, 0.05) is 12.4 Å². The van der Waals surface area contributed by atoms with E-state index >= 15 is 0 Å². The number of aromatic nitrogens is 2. The van der Waals surface area contributed by atoms with Crippen LogP contribution in [0.5, 0.6) is 0 Å². The summed E-state index contributed by atoms with van der Waals surface area (Å²) in [5.74, 6) is -0.0747. The minimum Gasteiger partial charge on any atom is -0.345 e. The molecule has 0 saturated heterocycles. The van der Waals surface area contributed by atoms with Crippen molar-refractivity contribution in [2.45, 2.75) is 19.9 Å². The predicted molar refractivity (Wildman–Crippen MR) is 67.0 cm³/mol. The Balaban J connectivity index is 2.08. The molecule has 1 amide bonds. The average molecular weight is 247 g/mol. The summed E-state index contributed by atoms with van der Waals surface area (Å²) in [6.45, 7) is 3.78. The molecule has 0 aliphatic rings. The number of aryl methyl sites for hydroxylation is 1. The van der Waals surface area contributed by atoms with Crippen molar-refractivity contribution in [3.8, 4) is 0 Å². The monoisotopic (exact) mass is 247 g/mol. The highest BCUT2D eigenvalue weighted by atomic mass is 32.1. The van der Waals surface area contributed by atoms with Crippen molar-refractivity contribution >= 4 is 17.2 Å². The molecule has 2 heterocycles. The number of nitrogens with zero attached hydrogens (tertiary/aromatic N) is 2. The molecular formula is C12H13N3OS. The van der Waals surface area contributed by atoms with E-state index in [4.69, 9.17) is 0 Å². The van der Waals surface area contributed by atoms with Gasteiger partial charge < -0.3 is 5.32 Å². The standard InChI is InChI=1S/C12H13N3OS/c1-8(10-3-5-13-6-4-10)15-12(16)11-9(2)14-7-17-11/h3-8H,1-2H3,(H,15,16)/t8-/m1/s1. The van der Waals surface area contributed by atoms with Crippen molar-refractivity contribution in [1.29, 1.82) is 0 Å². The van der Waals surface area contributed by atoms with E-state index in [9.17, 15) is 4.79 Å². The van der Waals surface area contributed by atoms with Crippen LogP contribution in [-0.4, -0.2) is 15.9 Å². The van der Waals surface area contributed by atoms with Crippen molar-refractivity contribution in [1.82, 2.24) is 15.3 Å². The van der Waals surface area contributed by atoms with E-state index in [-0.39, 0.29) is 11.9 Å². The van der Waals surface area contributed by atoms with Gasteiger partial charge in [0.25, 0.3) is 5.91 Å². The fourth-order valence-corrected chi connectivity index (χ4v) is 2.22. The maximum Gasteiger partial charge on any atom is 0.263 e. The van der Waals surface area contributed by atoms with Crippen molar-refractivity contribution in [3.63, 3.8) is 0 Å². The van der Waals surface area contributed by atoms with Gasteiger partial charge in [0.15, 0.2) is 0 Å². The average Bonchev–Trinajstić information content (AvgIpc) is 2.76. The number of amides is 1. The first-order valence-electron chi connectivity index (χ1n) is 5.29. The van der Waals surface area contributed by atoms with Crippen LogP contribution in [0.4, 0.5) is 0 Å². The highest BCUT2D eigenvalue weighted by molar-refractivity contribution is 7.11. The molecule has 0 fully saturated rings. The summed E-state index contributed by atoms with van der Waals surface area (Å²) < 4.78 is 0. The molecule has 0 aliphatic heterocycles. The van der Waals surface area contributed by atoms with E-state index in [0.29, 0.717) is 4.88 Å². The zero-order valence-electron chi connectivity index (χ0n) is 9.68. The van der Waals surface area contributed by atoms with E-state index in [0.717, 1.165) is 11.3 Å². The summed E-state index contributed by atoms with van der Waals surface area (Å²) in [6.07, 6.45) is 3.44. The first kappa shape index (κ1) is 11.7. The molecule has 4 nitrogen and oxygen atoms in total. The van der Waals surface area contributed by atoms with E-state index in [1.807, 2.05) is 26.0 Å². The van der Waals surface area contributed by atoms with Crippen LogP contribution in [0.3, 0.4) is 0 Å². The Hall–Kier alpha value is -1.75. The number of carbonyl (C=O) groups is 1. The van der Waals surface area contributed by atoms with E-state index < -0.39 is 0 Å². The van der Waals surface area contributed by atoms with Crippen LogP contribution in [0.25, 0.3) is 0 Å². The van der Waals surface area contributed by atoms with Crippen molar-refractivity contribution in [2.24, 2.45) is 0 Å². The van der Waals surface area contributed by atoms with Gasteiger partial charge in [-0.05, 0) is 31.5 Å². The van der Waals surface area contributed by atoms with Gasteiger partial charge in [0.05, 0.1) is 17.2 Å². The Labute approximate surface area is 104 Å². The highest BCUT2D eigenvalue weighted by Gasteiger charge is 2.14. The summed E-state index contributed by atoms with van der Waals surface area (Å²) in [5, 5.41) is 2.94. The second-order valence-electron chi connectivity index (χ2n) is 3.74. The number of hydrogen-bond donors (Lipinski definition) is 1. The lowest BCUT2D eigenvalue weighted by atomic mass is 10.1.